The molecule has 0 aliphatic rings. The smallest absolute Gasteiger partial charge is 0.0320 e. The topological polar surface area (TPSA) is 12.0 Å². The zero-order chi connectivity index (χ0) is 13.2. The molecule has 1 nitrogen and oxygen atoms in total. The summed E-state index contributed by atoms with van der Waals surface area (Å²) >= 11 is 3.55. The molecule has 1 N–H and O–H groups in total. The van der Waals surface area contributed by atoms with Crippen LogP contribution >= 0.6 is 15.9 Å². The van der Waals surface area contributed by atoms with E-state index < -0.39 is 0 Å². The normalized spacial score (nSPS) is 12.3. The zero-order valence-electron chi connectivity index (χ0n) is 11.3. The maximum atomic E-state index is 3.76. The van der Waals surface area contributed by atoms with Gasteiger partial charge in [0.1, 0.15) is 0 Å². The van der Waals surface area contributed by atoms with E-state index in [1.165, 1.54) is 31.2 Å². The van der Waals surface area contributed by atoms with Crippen LogP contribution in [-0.2, 0) is 0 Å². The number of hydrogen-bond donors (Lipinski definition) is 1. The number of nitrogens with one attached hydrogen (secondary N) is 1. The Kier molecular flexibility index (Phi) is 8.03. The Hall–Kier alpha value is -0.600. The second-order valence-corrected chi connectivity index (χ2v) is 5.51. The lowest BCUT2D eigenvalue weighted by atomic mass is 10.00. The van der Waals surface area contributed by atoms with Gasteiger partial charge in [-0.25, -0.2) is 0 Å². The van der Waals surface area contributed by atoms with Gasteiger partial charge in [0.15, 0.2) is 0 Å². The van der Waals surface area contributed by atoms with E-state index in [0.717, 1.165) is 17.4 Å². The number of hydrogen-bond acceptors (Lipinski definition) is 1. The Balaban J connectivity index is 2.46. The van der Waals surface area contributed by atoms with Crippen LogP contribution in [0.15, 0.2) is 41.4 Å². The first-order valence-electron chi connectivity index (χ1n) is 6.87. The van der Waals surface area contributed by atoms with Crippen LogP contribution in [0.1, 0.15) is 50.6 Å². The Morgan fingerprint density at radius 1 is 1.33 bits per heavy atom. The molecule has 100 valence electrons. The van der Waals surface area contributed by atoms with Crippen molar-refractivity contribution in [1.29, 1.82) is 0 Å². The first-order chi connectivity index (χ1) is 8.77. The SMILES string of the molecule is C=CCCCCCC(NCC)c1cccc(Br)c1. The summed E-state index contributed by atoms with van der Waals surface area (Å²) in [4.78, 5) is 0. The predicted octanol–water partition coefficient (Wildman–Crippen LogP) is 5.24. The molecule has 0 aliphatic carbocycles. The molecule has 18 heavy (non-hydrogen) atoms. The Labute approximate surface area is 120 Å². The molecule has 0 heterocycles. The molecule has 1 aromatic carbocycles. The third-order valence-electron chi connectivity index (χ3n) is 3.10. The number of allylic oxidation sites excluding steroid dienone is 1. The van der Waals surface area contributed by atoms with Crippen LogP contribution in [0.4, 0.5) is 0 Å². The minimum absolute atomic E-state index is 0.483. The molecule has 1 aromatic rings. The van der Waals surface area contributed by atoms with Crippen LogP contribution in [0.5, 0.6) is 0 Å². The first-order valence-corrected chi connectivity index (χ1v) is 7.67. The predicted molar refractivity (Wildman–Crippen MR) is 83.8 cm³/mol. The molecular weight excluding hydrogens is 286 g/mol. The van der Waals surface area contributed by atoms with Crippen LogP contribution in [0.25, 0.3) is 0 Å². The van der Waals surface area contributed by atoms with Gasteiger partial charge in [-0.15, -0.1) is 6.58 Å². The highest BCUT2D eigenvalue weighted by Crippen LogP contribution is 2.23. The van der Waals surface area contributed by atoms with Gasteiger partial charge in [0.25, 0.3) is 0 Å². The summed E-state index contributed by atoms with van der Waals surface area (Å²) in [6.07, 6.45) is 8.20. The molecule has 0 saturated heterocycles. The van der Waals surface area contributed by atoms with Crippen molar-refractivity contribution in [3.8, 4) is 0 Å². The molecule has 0 fully saturated rings. The van der Waals surface area contributed by atoms with Crippen molar-refractivity contribution in [2.45, 2.75) is 45.1 Å². The van der Waals surface area contributed by atoms with E-state index in [4.69, 9.17) is 0 Å². The van der Waals surface area contributed by atoms with Gasteiger partial charge < -0.3 is 5.32 Å². The highest BCUT2D eigenvalue weighted by molar-refractivity contribution is 9.10. The minimum atomic E-state index is 0.483. The van der Waals surface area contributed by atoms with Crippen LogP contribution in [-0.4, -0.2) is 6.54 Å². The molecule has 0 bridgehead atoms. The van der Waals surface area contributed by atoms with Gasteiger partial charge in [-0.2, -0.15) is 0 Å². The molecule has 0 radical (unpaired) electrons. The Bertz CT molecular complexity index is 349. The summed E-state index contributed by atoms with van der Waals surface area (Å²) in [5, 5.41) is 3.58. The van der Waals surface area contributed by atoms with E-state index >= 15 is 0 Å². The van der Waals surface area contributed by atoms with Gasteiger partial charge in [0.2, 0.25) is 0 Å². The third kappa shape index (κ3) is 5.83. The number of halogens is 1. The molecule has 1 unspecified atom stereocenters. The summed E-state index contributed by atoms with van der Waals surface area (Å²) in [5.74, 6) is 0. The molecule has 0 aliphatic heterocycles. The van der Waals surface area contributed by atoms with Gasteiger partial charge in [0.05, 0.1) is 0 Å². The minimum Gasteiger partial charge on any atom is -0.310 e. The Morgan fingerprint density at radius 2 is 2.17 bits per heavy atom. The third-order valence-corrected chi connectivity index (χ3v) is 3.60. The van der Waals surface area contributed by atoms with Crippen molar-refractivity contribution in [2.24, 2.45) is 0 Å². The largest absolute Gasteiger partial charge is 0.310 e. The summed E-state index contributed by atoms with van der Waals surface area (Å²) in [6, 6.07) is 9.10. The molecule has 1 atom stereocenters. The van der Waals surface area contributed by atoms with Gasteiger partial charge in [-0.3, -0.25) is 0 Å². The second kappa shape index (κ2) is 9.35. The maximum Gasteiger partial charge on any atom is 0.0320 e. The van der Waals surface area contributed by atoms with Crippen LogP contribution in [0.3, 0.4) is 0 Å². The first kappa shape index (κ1) is 15.5. The summed E-state index contributed by atoms with van der Waals surface area (Å²) < 4.78 is 1.16. The van der Waals surface area contributed by atoms with Crippen molar-refractivity contribution >= 4 is 15.9 Å². The summed E-state index contributed by atoms with van der Waals surface area (Å²) in [7, 11) is 0. The monoisotopic (exact) mass is 309 g/mol. The van der Waals surface area contributed by atoms with Gasteiger partial charge in [-0.05, 0) is 43.5 Å². The average molecular weight is 310 g/mol. The fourth-order valence-electron chi connectivity index (χ4n) is 2.17. The fourth-order valence-corrected chi connectivity index (χ4v) is 2.59. The van der Waals surface area contributed by atoms with E-state index in [0.29, 0.717) is 6.04 Å². The van der Waals surface area contributed by atoms with Gasteiger partial charge >= 0.3 is 0 Å². The molecule has 0 saturated carbocycles. The summed E-state index contributed by atoms with van der Waals surface area (Å²) in [6.45, 7) is 6.95. The molecule has 0 spiro atoms. The zero-order valence-corrected chi connectivity index (χ0v) is 12.9. The molecule has 0 aromatic heterocycles. The maximum absolute atomic E-state index is 3.76. The van der Waals surface area contributed by atoms with E-state index in [9.17, 15) is 0 Å². The van der Waals surface area contributed by atoms with Crippen LogP contribution in [0.2, 0.25) is 0 Å². The van der Waals surface area contributed by atoms with E-state index in [1.807, 2.05) is 6.08 Å². The lowest BCUT2D eigenvalue weighted by Crippen LogP contribution is -2.20. The quantitative estimate of drug-likeness (QED) is 0.486. The molecule has 1 rings (SSSR count). The van der Waals surface area contributed by atoms with Crippen molar-refractivity contribution in [1.82, 2.24) is 5.32 Å². The second-order valence-electron chi connectivity index (χ2n) is 4.59. The number of unbranched alkanes of at least 4 members (excludes halogenated alkanes) is 3. The molecule has 2 heteroatoms. The van der Waals surface area contributed by atoms with E-state index in [2.05, 4.69) is 59.0 Å². The van der Waals surface area contributed by atoms with Crippen molar-refractivity contribution in [3.05, 3.63) is 47.0 Å². The van der Waals surface area contributed by atoms with E-state index in [-0.39, 0.29) is 0 Å². The van der Waals surface area contributed by atoms with Gasteiger partial charge in [-0.1, -0.05) is 53.9 Å². The van der Waals surface area contributed by atoms with Crippen molar-refractivity contribution in [3.63, 3.8) is 0 Å². The standard InChI is InChI=1S/C16H24BrN/c1-3-5-6-7-8-12-16(18-4-2)14-10-9-11-15(17)13-14/h3,9-11,13,16,18H,1,4-8,12H2,2H3. The fraction of sp³-hybridized carbons (Fsp3) is 0.500. The van der Waals surface area contributed by atoms with Crippen LogP contribution in [0, 0.1) is 0 Å². The Morgan fingerprint density at radius 3 is 2.83 bits per heavy atom. The molecule has 0 amide bonds. The van der Waals surface area contributed by atoms with Crippen molar-refractivity contribution in [2.75, 3.05) is 6.54 Å². The highest BCUT2D eigenvalue weighted by Gasteiger charge is 2.09. The summed E-state index contributed by atoms with van der Waals surface area (Å²) in [5.41, 5.74) is 1.38. The van der Waals surface area contributed by atoms with Crippen molar-refractivity contribution < 1.29 is 0 Å². The lowest BCUT2D eigenvalue weighted by molar-refractivity contribution is 0.483. The molecular formula is C16H24BrN. The van der Waals surface area contributed by atoms with E-state index in [1.54, 1.807) is 0 Å². The average Bonchev–Trinajstić information content (AvgIpc) is 2.37. The number of benzene rings is 1. The highest BCUT2D eigenvalue weighted by atomic mass is 79.9. The lowest BCUT2D eigenvalue weighted by Gasteiger charge is -2.18. The van der Waals surface area contributed by atoms with Crippen LogP contribution < -0.4 is 5.32 Å². The van der Waals surface area contributed by atoms with Gasteiger partial charge in [0, 0.05) is 10.5 Å². The number of rotatable bonds is 9.